The summed E-state index contributed by atoms with van der Waals surface area (Å²) in [4.78, 5) is 2.62. The number of unbranched alkanes of at least 4 members (excludes halogenated alkanes) is 2. The third kappa shape index (κ3) is 3.53. The van der Waals surface area contributed by atoms with Gasteiger partial charge in [-0.15, -0.1) is 0 Å². The van der Waals surface area contributed by atoms with E-state index >= 15 is 0 Å². The predicted molar refractivity (Wildman–Crippen MR) is 95.2 cm³/mol. The van der Waals surface area contributed by atoms with Crippen molar-refractivity contribution >= 4 is 0 Å². The molecule has 0 radical (unpaired) electrons. The first-order valence-electron chi connectivity index (χ1n) is 9.79. The van der Waals surface area contributed by atoms with Crippen molar-refractivity contribution in [3.8, 4) is 0 Å². The second kappa shape index (κ2) is 7.66. The van der Waals surface area contributed by atoms with Gasteiger partial charge in [0.15, 0.2) is 0 Å². The van der Waals surface area contributed by atoms with Crippen LogP contribution in [-0.4, -0.2) is 37.2 Å². The Labute approximate surface area is 139 Å². The fourth-order valence-corrected chi connectivity index (χ4v) is 4.81. The smallest absolute Gasteiger partial charge is 0.0637 e. The number of rotatable bonds is 10. The second-order valence-corrected chi connectivity index (χ2v) is 8.52. The first kappa shape index (κ1) is 18.3. The van der Waals surface area contributed by atoms with Crippen molar-refractivity contribution < 1.29 is 4.74 Å². The fourth-order valence-electron chi connectivity index (χ4n) is 4.81. The van der Waals surface area contributed by atoms with Crippen LogP contribution < -0.4 is 0 Å². The van der Waals surface area contributed by atoms with Gasteiger partial charge < -0.3 is 9.64 Å². The number of nitrogens with zero attached hydrogens (tertiary/aromatic N) is 1. The predicted octanol–water partition coefficient (Wildman–Crippen LogP) is 5.12. The Morgan fingerprint density at radius 1 is 1.00 bits per heavy atom. The Hall–Kier alpha value is -0.0800. The van der Waals surface area contributed by atoms with E-state index in [2.05, 4.69) is 39.5 Å². The molecule has 2 aliphatic carbocycles. The minimum absolute atomic E-state index is 0.412. The molecule has 22 heavy (non-hydrogen) atoms. The molecule has 2 heteroatoms. The van der Waals surface area contributed by atoms with Crippen molar-refractivity contribution in [3.05, 3.63) is 0 Å². The standard InChI is InChI=1S/C20H39NO/c1-6-8-12-21(13-9-7-2)14-15-22-18-16-17-10-11-20(18,5)19(17,3)4/h17-18H,6-16H2,1-5H3. The van der Waals surface area contributed by atoms with E-state index in [0.29, 0.717) is 16.9 Å². The number of hydrogen-bond acceptors (Lipinski definition) is 2. The summed E-state index contributed by atoms with van der Waals surface area (Å²) in [6.45, 7) is 16.5. The van der Waals surface area contributed by atoms with Gasteiger partial charge in [-0.2, -0.15) is 0 Å². The van der Waals surface area contributed by atoms with E-state index < -0.39 is 0 Å². The molecule has 2 aliphatic rings. The van der Waals surface area contributed by atoms with Crippen LogP contribution >= 0.6 is 0 Å². The molecule has 3 unspecified atom stereocenters. The molecule has 2 fully saturated rings. The van der Waals surface area contributed by atoms with Gasteiger partial charge in [-0.25, -0.2) is 0 Å². The highest BCUT2D eigenvalue weighted by molar-refractivity contribution is 5.11. The van der Waals surface area contributed by atoms with E-state index in [1.54, 1.807) is 0 Å². The van der Waals surface area contributed by atoms with Crippen molar-refractivity contribution in [1.82, 2.24) is 4.90 Å². The maximum absolute atomic E-state index is 6.42. The molecule has 0 saturated heterocycles. The van der Waals surface area contributed by atoms with Gasteiger partial charge in [-0.05, 0) is 61.9 Å². The van der Waals surface area contributed by atoms with Crippen LogP contribution in [0.25, 0.3) is 0 Å². The van der Waals surface area contributed by atoms with Crippen molar-refractivity contribution in [2.24, 2.45) is 16.7 Å². The minimum Gasteiger partial charge on any atom is -0.376 e. The lowest BCUT2D eigenvalue weighted by molar-refractivity contribution is -0.0519. The topological polar surface area (TPSA) is 12.5 Å². The van der Waals surface area contributed by atoms with Gasteiger partial charge in [0.05, 0.1) is 12.7 Å². The Balaban J connectivity index is 1.78. The number of ether oxygens (including phenoxy) is 1. The molecular weight excluding hydrogens is 270 g/mol. The average molecular weight is 310 g/mol. The molecule has 0 spiro atoms. The lowest BCUT2D eigenvalue weighted by Crippen LogP contribution is -2.39. The van der Waals surface area contributed by atoms with E-state index in [1.807, 2.05) is 0 Å². The molecule has 2 rings (SSSR count). The van der Waals surface area contributed by atoms with Crippen LogP contribution in [0.4, 0.5) is 0 Å². The van der Waals surface area contributed by atoms with Gasteiger partial charge in [-0.1, -0.05) is 47.5 Å². The molecule has 2 saturated carbocycles. The molecule has 0 aromatic rings. The molecule has 0 N–H and O–H groups in total. The average Bonchev–Trinajstić information content (AvgIpc) is 2.82. The second-order valence-electron chi connectivity index (χ2n) is 8.52. The van der Waals surface area contributed by atoms with Gasteiger partial charge in [0, 0.05) is 6.54 Å². The van der Waals surface area contributed by atoms with Gasteiger partial charge in [0.1, 0.15) is 0 Å². The Morgan fingerprint density at radius 2 is 1.64 bits per heavy atom. The zero-order chi connectivity index (χ0) is 16.2. The maximum atomic E-state index is 6.42. The van der Waals surface area contributed by atoms with Crippen LogP contribution in [-0.2, 0) is 4.74 Å². The van der Waals surface area contributed by atoms with E-state index in [4.69, 9.17) is 4.74 Å². The molecule has 0 aliphatic heterocycles. The van der Waals surface area contributed by atoms with E-state index in [1.165, 1.54) is 58.0 Å². The van der Waals surface area contributed by atoms with Crippen molar-refractivity contribution in [2.75, 3.05) is 26.2 Å². The Bertz CT molecular complexity index is 333. The molecule has 2 nitrogen and oxygen atoms in total. The molecule has 0 heterocycles. The first-order valence-corrected chi connectivity index (χ1v) is 9.79. The lowest BCUT2D eigenvalue weighted by Gasteiger charge is -2.39. The molecular formula is C20H39NO. The lowest BCUT2D eigenvalue weighted by atomic mass is 9.70. The van der Waals surface area contributed by atoms with Crippen LogP contribution in [0.15, 0.2) is 0 Å². The van der Waals surface area contributed by atoms with Crippen molar-refractivity contribution in [1.29, 1.82) is 0 Å². The van der Waals surface area contributed by atoms with Crippen molar-refractivity contribution in [2.45, 2.75) is 85.7 Å². The minimum atomic E-state index is 0.412. The van der Waals surface area contributed by atoms with Crippen LogP contribution in [0.2, 0.25) is 0 Å². The zero-order valence-corrected chi connectivity index (χ0v) is 15.8. The third-order valence-corrected chi connectivity index (χ3v) is 7.10. The zero-order valence-electron chi connectivity index (χ0n) is 15.8. The van der Waals surface area contributed by atoms with E-state index in [-0.39, 0.29) is 0 Å². The summed E-state index contributed by atoms with van der Waals surface area (Å²) in [6, 6.07) is 0. The number of fused-ring (bicyclic) bond motifs is 2. The first-order chi connectivity index (χ1) is 10.5. The maximum Gasteiger partial charge on any atom is 0.0637 e. The van der Waals surface area contributed by atoms with Crippen molar-refractivity contribution in [3.63, 3.8) is 0 Å². The molecule has 0 aromatic heterocycles. The van der Waals surface area contributed by atoms with Gasteiger partial charge in [-0.3, -0.25) is 0 Å². The summed E-state index contributed by atoms with van der Waals surface area (Å²) in [7, 11) is 0. The highest BCUT2D eigenvalue weighted by Crippen LogP contribution is 2.66. The molecule has 130 valence electrons. The van der Waals surface area contributed by atoms with Gasteiger partial charge in [0.2, 0.25) is 0 Å². The summed E-state index contributed by atoms with van der Waals surface area (Å²) in [6.07, 6.45) is 9.81. The monoisotopic (exact) mass is 309 g/mol. The van der Waals surface area contributed by atoms with E-state index in [0.717, 1.165) is 19.1 Å². The van der Waals surface area contributed by atoms with Crippen LogP contribution in [0.1, 0.15) is 79.6 Å². The van der Waals surface area contributed by atoms with Gasteiger partial charge >= 0.3 is 0 Å². The highest BCUT2D eigenvalue weighted by atomic mass is 16.5. The van der Waals surface area contributed by atoms with E-state index in [9.17, 15) is 0 Å². The summed E-state index contributed by atoms with van der Waals surface area (Å²) in [5, 5.41) is 0. The van der Waals surface area contributed by atoms with Crippen LogP contribution in [0, 0.1) is 16.7 Å². The number of hydrogen-bond donors (Lipinski definition) is 0. The summed E-state index contributed by atoms with van der Waals surface area (Å²) in [5.74, 6) is 0.888. The summed E-state index contributed by atoms with van der Waals surface area (Å²) in [5.41, 5.74) is 0.886. The molecule has 0 aromatic carbocycles. The fraction of sp³-hybridized carbons (Fsp3) is 1.00. The summed E-state index contributed by atoms with van der Waals surface area (Å²) < 4.78 is 6.42. The molecule has 2 bridgehead atoms. The Kier molecular flexibility index (Phi) is 6.36. The largest absolute Gasteiger partial charge is 0.376 e. The van der Waals surface area contributed by atoms with Crippen LogP contribution in [0.3, 0.4) is 0 Å². The Morgan fingerprint density at radius 3 is 2.09 bits per heavy atom. The summed E-state index contributed by atoms with van der Waals surface area (Å²) >= 11 is 0. The third-order valence-electron chi connectivity index (χ3n) is 7.10. The molecule has 0 amide bonds. The quantitative estimate of drug-likeness (QED) is 0.555. The van der Waals surface area contributed by atoms with Crippen LogP contribution in [0.5, 0.6) is 0 Å². The van der Waals surface area contributed by atoms with Gasteiger partial charge in [0.25, 0.3) is 0 Å². The normalized spacial score (nSPS) is 33.0. The molecule has 3 atom stereocenters. The SMILES string of the molecule is CCCCN(CCCC)CCOC1CC2CCC1(C)C2(C)C. The highest BCUT2D eigenvalue weighted by Gasteiger charge is 2.61.